The summed E-state index contributed by atoms with van der Waals surface area (Å²) in [6.07, 6.45) is 6.80. The Labute approximate surface area is 184 Å². The minimum Gasteiger partial charge on any atom is -0.450 e. The number of carbonyl (C=O) groups excluding carboxylic acids is 2. The number of nitrogens with zero attached hydrogens (tertiary/aromatic N) is 2. The van der Waals surface area contributed by atoms with E-state index in [0.717, 1.165) is 47.8 Å². The van der Waals surface area contributed by atoms with Gasteiger partial charge in [-0.05, 0) is 42.1 Å². The maximum absolute atomic E-state index is 12.1. The average Bonchev–Trinajstić information content (AvgIpc) is 3.11. The largest absolute Gasteiger partial charge is 0.450 e. The highest BCUT2D eigenvalue weighted by atomic mass is 79.9. The number of pyridine rings is 1. The van der Waals surface area contributed by atoms with E-state index in [1.165, 1.54) is 0 Å². The molecule has 0 aliphatic carbocycles. The van der Waals surface area contributed by atoms with Gasteiger partial charge in [-0.2, -0.15) is 0 Å². The van der Waals surface area contributed by atoms with Crippen LogP contribution in [0.2, 0.25) is 0 Å². The number of piperidine rings is 1. The van der Waals surface area contributed by atoms with Crippen molar-refractivity contribution in [2.24, 2.45) is 0 Å². The molecule has 164 valence electrons. The average molecular weight is 481 g/mol. The number of alkyl carbamates (subject to hydrolysis) is 1. The highest BCUT2D eigenvalue weighted by Crippen LogP contribution is 2.38. The van der Waals surface area contributed by atoms with Gasteiger partial charge in [0.1, 0.15) is 5.65 Å². The molecule has 0 spiro atoms. The third-order valence-electron chi connectivity index (χ3n) is 5.01. The van der Waals surface area contributed by atoms with Gasteiger partial charge in [-0.3, -0.25) is 0 Å². The maximum atomic E-state index is 12.1. The lowest BCUT2D eigenvalue weighted by Gasteiger charge is -2.35. The molecule has 1 saturated heterocycles. The summed E-state index contributed by atoms with van der Waals surface area (Å²) in [5, 5.41) is 9.44. The second-order valence-electron chi connectivity index (χ2n) is 7.28. The molecule has 0 aromatic carbocycles. The lowest BCUT2D eigenvalue weighted by Crippen LogP contribution is -2.48. The number of fused-ring (bicyclic) bond motifs is 1. The number of aromatic amines is 1. The highest BCUT2D eigenvalue weighted by molar-refractivity contribution is 9.10. The molecule has 0 saturated carbocycles. The minimum absolute atomic E-state index is 0.0123. The van der Waals surface area contributed by atoms with Crippen LogP contribution >= 0.6 is 15.9 Å². The number of aromatic nitrogens is 2. The molecule has 2 aromatic rings. The van der Waals surface area contributed by atoms with Gasteiger partial charge in [0.05, 0.1) is 27.8 Å². The maximum Gasteiger partial charge on any atom is 0.407 e. The van der Waals surface area contributed by atoms with Crippen molar-refractivity contribution < 1.29 is 14.3 Å². The fraction of sp³-hybridized carbons (Fsp3) is 0.550. The van der Waals surface area contributed by atoms with Gasteiger partial charge in [0.2, 0.25) is 0 Å². The predicted octanol–water partition coefficient (Wildman–Crippen LogP) is 3.96. The van der Waals surface area contributed by atoms with Crippen LogP contribution in [0.4, 0.5) is 21.0 Å². The number of nitrogens with one attached hydrogen (secondary N) is 4. The second kappa shape index (κ2) is 10.5. The van der Waals surface area contributed by atoms with Gasteiger partial charge in [0, 0.05) is 38.1 Å². The van der Waals surface area contributed by atoms with Crippen molar-refractivity contribution in [1.82, 2.24) is 20.6 Å². The number of H-pyrrole nitrogens is 1. The third-order valence-corrected chi connectivity index (χ3v) is 5.59. The highest BCUT2D eigenvalue weighted by Gasteiger charge is 2.26. The van der Waals surface area contributed by atoms with Crippen LogP contribution in [0.3, 0.4) is 0 Å². The molecule has 10 heteroatoms. The number of amides is 3. The summed E-state index contributed by atoms with van der Waals surface area (Å²) in [4.78, 5) is 33.9. The van der Waals surface area contributed by atoms with E-state index in [9.17, 15) is 9.59 Å². The zero-order valence-electron chi connectivity index (χ0n) is 17.4. The van der Waals surface area contributed by atoms with Gasteiger partial charge in [-0.15, -0.1) is 0 Å². The van der Waals surface area contributed by atoms with E-state index in [2.05, 4.69) is 53.7 Å². The van der Waals surface area contributed by atoms with Crippen LogP contribution in [-0.4, -0.2) is 54.4 Å². The molecule has 1 fully saturated rings. The molecule has 0 radical (unpaired) electrons. The molecule has 0 bridgehead atoms. The fourth-order valence-electron chi connectivity index (χ4n) is 3.61. The monoisotopic (exact) mass is 480 g/mol. The second-order valence-corrected chi connectivity index (χ2v) is 8.14. The number of ether oxygens (including phenoxy) is 1. The fourth-order valence-corrected chi connectivity index (χ4v) is 4.16. The van der Waals surface area contributed by atoms with Crippen LogP contribution in [0, 0.1) is 0 Å². The van der Waals surface area contributed by atoms with Gasteiger partial charge in [0.25, 0.3) is 0 Å². The molecule has 1 atom stereocenters. The van der Waals surface area contributed by atoms with Crippen LogP contribution < -0.4 is 20.9 Å². The molecule has 3 heterocycles. The molecular formula is C20H29BrN6O3. The molecule has 2 aromatic heterocycles. The van der Waals surface area contributed by atoms with E-state index in [4.69, 9.17) is 4.74 Å². The molecule has 4 N–H and O–H groups in total. The Morgan fingerprint density at radius 1 is 1.40 bits per heavy atom. The predicted molar refractivity (Wildman–Crippen MR) is 121 cm³/mol. The molecule has 1 aliphatic rings. The van der Waals surface area contributed by atoms with Crippen LogP contribution in [0.1, 0.15) is 39.5 Å². The number of hydrogen-bond donors (Lipinski definition) is 4. The summed E-state index contributed by atoms with van der Waals surface area (Å²) in [6, 6.07) is -0.279. The first-order valence-corrected chi connectivity index (χ1v) is 11.2. The van der Waals surface area contributed by atoms with Gasteiger partial charge in [0.15, 0.2) is 0 Å². The van der Waals surface area contributed by atoms with E-state index in [0.29, 0.717) is 31.0 Å². The molecular weight excluding hydrogens is 452 g/mol. The van der Waals surface area contributed by atoms with E-state index < -0.39 is 0 Å². The van der Waals surface area contributed by atoms with Crippen LogP contribution in [0.15, 0.2) is 16.9 Å². The van der Waals surface area contributed by atoms with E-state index in [1.807, 2.05) is 6.92 Å². The molecule has 3 rings (SSSR count). The number of unbranched alkanes of at least 4 members (excludes halogenated alkanes) is 1. The van der Waals surface area contributed by atoms with E-state index in [1.54, 1.807) is 12.4 Å². The summed E-state index contributed by atoms with van der Waals surface area (Å²) in [5.74, 6) is 0. The van der Waals surface area contributed by atoms with Gasteiger partial charge >= 0.3 is 12.1 Å². The number of urea groups is 1. The molecule has 9 nitrogen and oxygen atoms in total. The third kappa shape index (κ3) is 5.35. The summed E-state index contributed by atoms with van der Waals surface area (Å²) < 4.78 is 6.08. The lowest BCUT2D eigenvalue weighted by molar-refractivity contribution is 0.139. The first kappa shape index (κ1) is 22.2. The number of anilines is 2. The summed E-state index contributed by atoms with van der Waals surface area (Å²) in [5.41, 5.74) is 2.29. The standard InChI is InChI=1S/C20H29BrN6O3/c1-3-5-9-30-20(29)25-13-7-6-8-27(12-13)17-14(21)10-23-18-16(17)15(11-24-18)26-19(28)22-4-2/h10-11,13H,3-9,12H2,1-2H3,(H,23,24)(H,25,29)(H2,22,26,28). The van der Waals surface area contributed by atoms with Crippen molar-refractivity contribution in [2.75, 3.05) is 36.5 Å². The minimum atomic E-state index is -0.366. The molecule has 1 unspecified atom stereocenters. The normalized spacial score (nSPS) is 16.4. The Morgan fingerprint density at radius 3 is 3.00 bits per heavy atom. The number of rotatable bonds is 7. The Balaban J connectivity index is 1.79. The first-order valence-electron chi connectivity index (χ1n) is 10.4. The topological polar surface area (TPSA) is 111 Å². The lowest BCUT2D eigenvalue weighted by atomic mass is 10.0. The van der Waals surface area contributed by atoms with Crippen molar-refractivity contribution >= 4 is 50.5 Å². The Morgan fingerprint density at radius 2 is 2.23 bits per heavy atom. The first-order chi connectivity index (χ1) is 14.5. The van der Waals surface area contributed by atoms with E-state index in [-0.39, 0.29) is 18.2 Å². The number of carbonyl (C=O) groups is 2. The molecule has 3 amide bonds. The van der Waals surface area contributed by atoms with Crippen molar-refractivity contribution in [2.45, 2.75) is 45.6 Å². The zero-order chi connectivity index (χ0) is 21.5. The number of halogens is 1. The van der Waals surface area contributed by atoms with E-state index >= 15 is 0 Å². The van der Waals surface area contributed by atoms with Crippen molar-refractivity contribution in [3.05, 3.63) is 16.9 Å². The van der Waals surface area contributed by atoms with Crippen molar-refractivity contribution in [1.29, 1.82) is 0 Å². The Hall–Kier alpha value is -2.49. The SMILES string of the molecule is CCCCOC(=O)NC1CCCN(c2c(Br)cnc3[nH]cc(NC(=O)NCC)c23)C1. The summed E-state index contributed by atoms with van der Waals surface area (Å²) >= 11 is 3.62. The molecule has 1 aliphatic heterocycles. The summed E-state index contributed by atoms with van der Waals surface area (Å²) in [7, 11) is 0. The van der Waals surface area contributed by atoms with Crippen LogP contribution in [-0.2, 0) is 4.74 Å². The number of hydrogen-bond acceptors (Lipinski definition) is 5. The van der Waals surface area contributed by atoms with Crippen molar-refractivity contribution in [3.63, 3.8) is 0 Å². The van der Waals surface area contributed by atoms with Gasteiger partial charge in [-0.25, -0.2) is 14.6 Å². The Bertz CT molecular complexity index is 887. The smallest absolute Gasteiger partial charge is 0.407 e. The van der Waals surface area contributed by atoms with Gasteiger partial charge in [-0.1, -0.05) is 13.3 Å². The molecule has 30 heavy (non-hydrogen) atoms. The van der Waals surface area contributed by atoms with Gasteiger partial charge < -0.3 is 30.6 Å². The Kier molecular flexibility index (Phi) is 7.78. The summed E-state index contributed by atoms with van der Waals surface area (Å²) in [6.45, 7) is 6.39. The van der Waals surface area contributed by atoms with Crippen LogP contribution in [0.25, 0.3) is 11.0 Å². The van der Waals surface area contributed by atoms with Crippen molar-refractivity contribution in [3.8, 4) is 0 Å². The van der Waals surface area contributed by atoms with Crippen LogP contribution in [0.5, 0.6) is 0 Å². The quantitative estimate of drug-likeness (QED) is 0.448. The zero-order valence-corrected chi connectivity index (χ0v) is 19.0.